The summed E-state index contributed by atoms with van der Waals surface area (Å²) in [6.45, 7) is 9.01. The molecule has 7 heteroatoms. The van der Waals surface area contributed by atoms with Gasteiger partial charge in [-0.1, -0.05) is 30.3 Å². The van der Waals surface area contributed by atoms with E-state index < -0.39 is 5.60 Å². The van der Waals surface area contributed by atoms with Gasteiger partial charge in [-0.25, -0.2) is 0 Å². The van der Waals surface area contributed by atoms with Crippen LogP contribution in [0.2, 0.25) is 0 Å². The molecule has 1 atom stereocenters. The molecule has 6 nitrogen and oxygen atoms in total. The maximum Gasteiger partial charge on any atom is 0.191 e. The monoisotopic (exact) mass is 516 g/mol. The Kier molecular flexibility index (Phi) is 10.1. The summed E-state index contributed by atoms with van der Waals surface area (Å²) in [5.41, 5.74) is 0.656. The Hall–Kier alpha value is -0.900. The standard InChI is InChI=1S/C22H36N4O2.HI/c1-3-23-21(24-17-22(27)11-15-28-16-12-22)25-20-9-13-26(14-10-20)18(2)19-7-5-4-6-8-19;/h4-8,18,20,27H,3,9-17H2,1-2H3,(H2,23,24,25);1H. The van der Waals surface area contributed by atoms with Crippen molar-refractivity contribution in [2.24, 2.45) is 4.99 Å². The summed E-state index contributed by atoms with van der Waals surface area (Å²) in [7, 11) is 0. The van der Waals surface area contributed by atoms with Gasteiger partial charge in [0.05, 0.1) is 12.1 Å². The Balaban J connectivity index is 0.00000300. The van der Waals surface area contributed by atoms with E-state index in [0.29, 0.717) is 44.7 Å². The van der Waals surface area contributed by atoms with Gasteiger partial charge in [0.2, 0.25) is 0 Å². The Morgan fingerprint density at radius 3 is 2.52 bits per heavy atom. The van der Waals surface area contributed by atoms with E-state index in [9.17, 15) is 5.11 Å². The molecule has 1 aromatic carbocycles. The zero-order chi connectivity index (χ0) is 19.8. The number of hydrogen-bond acceptors (Lipinski definition) is 4. The SMILES string of the molecule is CCNC(=NCC1(O)CCOCC1)NC1CCN(C(C)c2ccccc2)CC1.I. The molecule has 0 radical (unpaired) electrons. The third-order valence-electron chi connectivity index (χ3n) is 6.00. The van der Waals surface area contributed by atoms with Crippen molar-refractivity contribution in [3.63, 3.8) is 0 Å². The molecule has 2 saturated heterocycles. The summed E-state index contributed by atoms with van der Waals surface area (Å²) in [4.78, 5) is 7.24. The molecular formula is C22H37IN4O2. The fraction of sp³-hybridized carbons (Fsp3) is 0.682. The number of nitrogens with zero attached hydrogens (tertiary/aromatic N) is 2. The lowest BCUT2D eigenvalue weighted by Crippen LogP contribution is -2.49. The zero-order valence-electron chi connectivity index (χ0n) is 17.8. The second kappa shape index (κ2) is 12.1. The van der Waals surface area contributed by atoms with Crippen LogP contribution in [0, 0.1) is 0 Å². The zero-order valence-corrected chi connectivity index (χ0v) is 20.1. The quantitative estimate of drug-likeness (QED) is 0.308. The summed E-state index contributed by atoms with van der Waals surface area (Å²) in [5, 5.41) is 17.6. The molecule has 2 aliphatic rings. The van der Waals surface area contributed by atoms with Crippen LogP contribution in [-0.4, -0.2) is 67.0 Å². The number of hydrogen-bond donors (Lipinski definition) is 3. The van der Waals surface area contributed by atoms with E-state index in [-0.39, 0.29) is 24.0 Å². The van der Waals surface area contributed by atoms with Gasteiger partial charge in [0.1, 0.15) is 0 Å². The van der Waals surface area contributed by atoms with Crippen LogP contribution >= 0.6 is 24.0 Å². The molecule has 3 N–H and O–H groups in total. The lowest BCUT2D eigenvalue weighted by molar-refractivity contribution is -0.0566. The number of halogens is 1. The Bertz CT molecular complexity index is 614. The largest absolute Gasteiger partial charge is 0.388 e. The number of benzene rings is 1. The lowest BCUT2D eigenvalue weighted by Gasteiger charge is -2.37. The van der Waals surface area contributed by atoms with Crippen molar-refractivity contribution in [2.45, 2.75) is 57.2 Å². The molecule has 29 heavy (non-hydrogen) atoms. The molecule has 2 aliphatic heterocycles. The summed E-state index contributed by atoms with van der Waals surface area (Å²) >= 11 is 0. The maximum absolute atomic E-state index is 10.6. The van der Waals surface area contributed by atoms with E-state index in [4.69, 9.17) is 4.74 Å². The average molecular weight is 516 g/mol. The number of piperidine rings is 1. The number of nitrogens with one attached hydrogen (secondary N) is 2. The number of aliphatic imine (C=N–C) groups is 1. The second-order valence-electron chi connectivity index (χ2n) is 8.07. The summed E-state index contributed by atoms with van der Waals surface area (Å²) < 4.78 is 5.36. The van der Waals surface area contributed by atoms with Crippen molar-refractivity contribution in [3.05, 3.63) is 35.9 Å². The van der Waals surface area contributed by atoms with Gasteiger partial charge in [0.25, 0.3) is 0 Å². The van der Waals surface area contributed by atoms with Gasteiger partial charge in [-0.05, 0) is 32.3 Å². The summed E-state index contributed by atoms with van der Waals surface area (Å²) in [6.07, 6.45) is 3.51. The maximum atomic E-state index is 10.6. The van der Waals surface area contributed by atoms with E-state index in [0.717, 1.165) is 38.4 Å². The molecule has 0 spiro atoms. The topological polar surface area (TPSA) is 69.1 Å². The normalized spacial score (nSPS) is 21.8. The molecule has 2 fully saturated rings. The highest BCUT2D eigenvalue weighted by Crippen LogP contribution is 2.24. The summed E-state index contributed by atoms with van der Waals surface area (Å²) in [6, 6.07) is 11.6. The van der Waals surface area contributed by atoms with Gasteiger partial charge in [-0.3, -0.25) is 9.89 Å². The van der Waals surface area contributed by atoms with Crippen LogP contribution in [0.1, 0.15) is 51.1 Å². The highest BCUT2D eigenvalue weighted by atomic mass is 127. The van der Waals surface area contributed by atoms with Crippen LogP contribution in [-0.2, 0) is 4.74 Å². The number of ether oxygens (including phenoxy) is 1. The predicted molar refractivity (Wildman–Crippen MR) is 129 cm³/mol. The molecule has 0 bridgehead atoms. The molecule has 164 valence electrons. The Morgan fingerprint density at radius 1 is 1.24 bits per heavy atom. The number of guanidine groups is 1. The highest BCUT2D eigenvalue weighted by Gasteiger charge is 2.30. The third kappa shape index (κ3) is 7.38. The van der Waals surface area contributed by atoms with Gasteiger partial charge < -0.3 is 20.5 Å². The van der Waals surface area contributed by atoms with Crippen molar-refractivity contribution in [3.8, 4) is 0 Å². The molecular weight excluding hydrogens is 479 g/mol. The fourth-order valence-corrected chi connectivity index (χ4v) is 4.02. The van der Waals surface area contributed by atoms with E-state index >= 15 is 0 Å². The van der Waals surface area contributed by atoms with Crippen LogP contribution in [0.5, 0.6) is 0 Å². The molecule has 0 aromatic heterocycles. The van der Waals surface area contributed by atoms with E-state index in [2.05, 4.69) is 64.7 Å². The van der Waals surface area contributed by atoms with Crippen molar-refractivity contribution in [1.29, 1.82) is 0 Å². The molecule has 1 unspecified atom stereocenters. The molecule has 1 aromatic rings. The smallest absolute Gasteiger partial charge is 0.191 e. The van der Waals surface area contributed by atoms with E-state index in [1.165, 1.54) is 5.56 Å². The van der Waals surface area contributed by atoms with Gasteiger partial charge in [0, 0.05) is 57.8 Å². The number of likely N-dealkylation sites (tertiary alicyclic amines) is 1. The van der Waals surface area contributed by atoms with Gasteiger partial charge in [-0.15, -0.1) is 24.0 Å². The number of aliphatic hydroxyl groups is 1. The minimum absolute atomic E-state index is 0. The number of rotatable bonds is 6. The third-order valence-corrected chi connectivity index (χ3v) is 6.00. The van der Waals surface area contributed by atoms with E-state index in [1.54, 1.807) is 0 Å². The van der Waals surface area contributed by atoms with Gasteiger partial charge in [0.15, 0.2) is 5.96 Å². The van der Waals surface area contributed by atoms with E-state index in [1.807, 2.05) is 0 Å². The lowest BCUT2D eigenvalue weighted by atomic mass is 9.95. The van der Waals surface area contributed by atoms with Crippen molar-refractivity contribution >= 4 is 29.9 Å². The van der Waals surface area contributed by atoms with Crippen LogP contribution in [0.25, 0.3) is 0 Å². The second-order valence-corrected chi connectivity index (χ2v) is 8.07. The molecule has 0 amide bonds. The molecule has 2 heterocycles. The first kappa shape index (κ1) is 24.4. The predicted octanol–water partition coefficient (Wildman–Crippen LogP) is 2.93. The minimum Gasteiger partial charge on any atom is -0.388 e. The fourth-order valence-electron chi connectivity index (χ4n) is 4.02. The van der Waals surface area contributed by atoms with Crippen molar-refractivity contribution in [1.82, 2.24) is 15.5 Å². The van der Waals surface area contributed by atoms with Crippen molar-refractivity contribution < 1.29 is 9.84 Å². The Labute approximate surface area is 192 Å². The first-order chi connectivity index (χ1) is 13.6. The van der Waals surface area contributed by atoms with Gasteiger partial charge >= 0.3 is 0 Å². The van der Waals surface area contributed by atoms with Crippen LogP contribution < -0.4 is 10.6 Å². The van der Waals surface area contributed by atoms with Crippen LogP contribution in [0.4, 0.5) is 0 Å². The van der Waals surface area contributed by atoms with Gasteiger partial charge in [-0.2, -0.15) is 0 Å². The average Bonchev–Trinajstić information content (AvgIpc) is 2.73. The minimum atomic E-state index is -0.727. The van der Waals surface area contributed by atoms with Crippen LogP contribution in [0.3, 0.4) is 0 Å². The van der Waals surface area contributed by atoms with Crippen molar-refractivity contribution in [2.75, 3.05) is 39.4 Å². The molecule has 3 rings (SSSR count). The molecule has 0 saturated carbocycles. The van der Waals surface area contributed by atoms with Crippen LogP contribution in [0.15, 0.2) is 35.3 Å². The first-order valence-electron chi connectivity index (χ1n) is 10.7. The summed E-state index contributed by atoms with van der Waals surface area (Å²) in [5.74, 6) is 0.817. The highest BCUT2D eigenvalue weighted by molar-refractivity contribution is 14.0. The first-order valence-corrected chi connectivity index (χ1v) is 10.7. The molecule has 0 aliphatic carbocycles. The Morgan fingerprint density at radius 2 is 1.90 bits per heavy atom.